The van der Waals surface area contributed by atoms with Gasteiger partial charge in [0.05, 0.1) is 0 Å². The van der Waals surface area contributed by atoms with Crippen molar-refractivity contribution in [3.8, 4) is 0 Å². The van der Waals surface area contributed by atoms with E-state index in [1.54, 1.807) is 0 Å². The summed E-state index contributed by atoms with van der Waals surface area (Å²) in [6.07, 6.45) is 2.25. The number of nitrogens with two attached hydrogens (primary N) is 1. The summed E-state index contributed by atoms with van der Waals surface area (Å²) >= 11 is 0. The molecule has 0 bridgehead atoms. The van der Waals surface area contributed by atoms with Crippen LogP contribution >= 0.6 is 0 Å². The smallest absolute Gasteiger partial charge is 0.241 e. The van der Waals surface area contributed by atoms with Gasteiger partial charge in [-0.05, 0) is 30.2 Å². The van der Waals surface area contributed by atoms with Gasteiger partial charge in [0.2, 0.25) is 5.91 Å². The van der Waals surface area contributed by atoms with Gasteiger partial charge < -0.3 is 11.1 Å². The van der Waals surface area contributed by atoms with Gasteiger partial charge in [0.1, 0.15) is 6.04 Å². The Morgan fingerprint density at radius 1 is 1.28 bits per heavy atom. The molecule has 0 saturated heterocycles. The molecule has 1 fully saturated rings. The third kappa shape index (κ3) is 2.72. The highest BCUT2D eigenvalue weighted by Crippen LogP contribution is 2.31. The quantitative estimate of drug-likeness (QED) is 0.859. The van der Waals surface area contributed by atoms with E-state index >= 15 is 0 Å². The predicted octanol–water partition coefficient (Wildman–Crippen LogP) is 2.24. The molecule has 0 heterocycles. The fourth-order valence-electron chi connectivity index (χ4n) is 2.65. The van der Waals surface area contributed by atoms with E-state index in [9.17, 15) is 4.79 Å². The van der Waals surface area contributed by atoms with Gasteiger partial charge in [0, 0.05) is 6.04 Å². The molecule has 1 aromatic rings. The van der Waals surface area contributed by atoms with Gasteiger partial charge in [0.15, 0.2) is 0 Å². The molecule has 98 valence electrons. The summed E-state index contributed by atoms with van der Waals surface area (Å²) in [5.41, 5.74) is 6.85. The molecule has 3 heteroatoms. The molecule has 0 spiro atoms. The van der Waals surface area contributed by atoms with Crippen LogP contribution in [0.3, 0.4) is 0 Å². The van der Waals surface area contributed by atoms with Gasteiger partial charge in [0.25, 0.3) is 0 Å². The van der Waals surface area contributed by atoms with E-state index in [1.165, 1.54) is 6.42 Å². The van der Waals surface area contributed by atoms with Crippen LogP contribution in [0.1, 0.15) is 38.3 Å². The molecule has 0 radical (unpaired) electrons. The molecule has 0 aromatic heterocycles. The molecule has 3 unspecified atom stereocenters. The first-order valence-corrected chi connectivity index (χ1v) is 6.70. The van der Waals surface area contributed by atoms with Crippen LogP contribution in [0.15, 0.2) is 30.3 Å². The lowest BCUT2D eigenvalue weighted by Gasteiger charge is -2.22. The molecule has 1 saturated carbocycles. The molecular formula is C15H22N2O. The van der Waals surface area contributed by atoms with Crippen LogP contribution in [0.4, 0.5) is 0 Å². The van der Waals surface area contributed by atoms with Crippen molar-refractivity contribution in [2.24, 2.45) is 17.6 Å². The minimum atomic E-state index is -0.561. The van der Waals surface area contributed by atoms with Crippen LogP contribution in [0, 0.1) is 11.8 Å². The second kappa shape index (κ2) is 5.53. The molecule has 1 aromatic carbocycles. The van der Waals surface area contributed by atoms with Crippen molar-refractivity contribution in [1.82, 2.24) is 5.32 Å². The Morgan fingerprint density at radius 3 is 2.50 bits per heavy atom. The second-order valence-electron chi connectivity index (χ2n) is 5.42. The Labute approximate surface area is 109 Å². The zero-order valence-corrected chi connectivity index (χ0v) is 11.1. The Balaban J connectivity index is 1.96. The molecule has 18 heavy (non-hydrogen) atoms. The number of amides is 1. The first kappa shape index (κ1) is 13.1. The average Bonchev–Trinajstić information content (AvgIpc) is 2.71. The zero-order chi connectivity index (χ0) is 13.1. The van der Waals surface area contributed by atoms with Crippen molar-refractivity contribution in [1.29, 1.82) is 0 Å². The number of hydrogen-bond donors (Lipinski definition) is 2. The van der Waals surface area contributed by atoms with Crippen molar-refractivity contribution in [2.75, 3.05) is 0 Å². The van der Waals surface area contributed by atoms with E-state index in [2.05, 4.69) is 19.2 Å². The first-order valence-electron chi connectivity index (χ1n) is 6.70. The molecule has 0 aliphatic heterocycles. The summed E-state index contributed by atoms with van der Waals surface area (Å²) in [6, 6.07) is 9.24. The van der Waals surface area contributed by atoms with Gasteiger partial charge in [-0.3, -0.25) is 4.79 Å². The summed E-state index contributed by atoms with van der Waals surface area (Å²) in [7, 11) is 0. The summed E-state index contributed by atoms with van der Waals surface area (Å²) in [5.74, 6) is 1.16. The summed E-state index contributed by atoms with van der Waals surface area (Å²) in [6.45, 7) is 4.45. The second-order valence-corrected chi connectivity index (χ2v) is 5.42. The van der Waals surface area contributed by atoms with E-state index in [0.717, 1.165) is 12.0 Å². The van der Waals surface area contributed by atoms with E-state index in [4.69, 9.17) is 5.73 Å². The number of carbonyl (C=O) groups is 1. The molecular weight excluding hydrogens is 224 g/mol. The van der Waals surface area contributed by atoms with Crippen LogP contribution in [-0.2, 0) is 4.79 Å². The standard InChI is InChI=1S/C15H22N2O/c1-10-8-9-13(11(10)2)17-15(18)14(16)12-6-4-3-5-7-12/h3-7,10-11,13-14H,8-9,16H2,1-2H3,(H,17,18)/t10?,11?,13?,14-/m1/s1. The highest BCUT2D eigenvalue weighted by Gasteiger charge is 2.31. The van der Waals surface area contributed by atoms with E-state index < -0.39 is 6.04 Å². The fraction of sp³-hybridized carbons (Fsp3) is 0.533. The monoisotopic (exact) mass is 246 g/mol. The van der Waals surface area contributed by atoms with Crippen LogP contribution in [0.25, 0.3) is 0 Å². The van der Waals surface area contributed by atoms with Gasteiger partial charge >= 0.3 is 0 Å². The number of carbonyl (C=O) groups excluding carboxylic acids is 1. The van der Waals surface area contributed by atoms with E-state index in [-0.39, 0.29) is 11.9 Å². The van der Waals surface area contributed by atoms with E-state index in [0.29, 0.717) is 11.8 Å². The predicted molar refractivity (Wildman–Crippen MR) is 72.9 cm³/mol. The lowest BCUT2D eigenvalue weighted by molar-refractivity contribution is -0.123. The van der Waals surface area contributed by atoms with Gasteiger partial charge in [-0.1, -0.05) is 44.2 Å². The Hall–Kier alpha value is -1.35. The van der Waals surface area contributed by atoms with Crippen LogP contribution in [-0.4, -0.2) is 11.9 Å². The Kier molecular flexibility index (Phi) is 4.02. The number of hydrogen-bond acceptors (Lipinski definition) is 2. The van der Waals surface area contributed by atoms with Crippen molar-refractivity contribution in [2.45, 2.75) is 38.8 Å². The lowest BCUT2D eigenvalue weighted by Crippen LogP contribution is -2.42. The number of rotatable bonds is 3. The highest BCUT2D eigenvalue weighted by molar-refractivity contribution is 5.83. The van der Waals surface area contributed by atoms with Crippen LogP contribution in [0.2, 0.25) is 0 Å². The van der Waals surface area contributed by atoms with Crippen molar-refractivity contribution in [3.05, 3.63) is 35.9 Å². The highest BCUT2D eigenvalue weighted by atomic mass is 16.2. The third-order valence-electron chi connectivity index (χ3n) is 4.23. The summed E-state index contributed by atoms with van der Waals surface area (Å²) in [5, 5.41) is 3.09. The van der Waals surface area contributed by atoms with Crippen molar-refractivity contribution < 1.29 is 4.79 Å². The van der Waals surface area contributed by atoms with Gasteiger partial charge in [-0.15, -0.1) is 0 Å². The molecule has 2 rings (SSSR count). The average molecular weight is 246 g/mol. The maximum absolute atomic E-state index is 12.1. The maximum atomic E-state index is 12.1. The third-order valence-corrected chi connectivity index (χ3v) is 4.23. The SMILES string of the molecule is CC1CCC(NC(=O)[C@H](N)c2ccccc2)C1C. The topological polar surface area (TPSA) is 55.1 Å². The molecule has 3 nitrogen and oxygen atoms in total. The minimum absolute atomic E-state index is 0.0628. The minimum Gasteiger partial charge on any atom is -0.351 e. The lowest BCUT2D eigenvalue weighted by atomic mass is 9.97. The van der Waals surface area contributed by atoms with Crippen molar-refractivity contribution in [3.63, 3.8) is 0 Å². The fourth-order valence-corrected chi connectivity index (χ4v) is 2.65. The van der Waals surface area contributed by atoms with Gasteiger partial charge in [-0.2, -0.15) is 0 Å². The van der Waals surface area contributed by atoms with E-state index in [1.807, 2.05) is 30.3 Å². The molecule has 1 aliphatic carbocycles. The van der Waals surface area contributed by atoms with Crippen LogP contribution in [0.5, 0.6) is 0 Å². The number of benzene rings is 1. The molecule has 1 amide bonds. The summed E-state index contributed by atoms with van der Waals surface area (Å²) < 4.78 is 0. The maximum Gasteiger partial charge on any atom is 0.241 e. The first-order chi connectivity index (χ1) is 8.59. The molecule has 3 N–H and O–H groups in total. The van der Waals surface area contributed by atoms with Crippen molar-refractivity contribution >= 4 is 5.91 Å². The normalized spacial score (nSPS) is 28.9. The molecule has 4 atom stereocenters. The Morgan fingerprint density at radius 2 is 1.94 bits per heavy atom. The molecule has 1 aliphatic rings. The van der Waals surface area contributed by atoms with Crippen LogP contribution < -0.4 is 11.1 Å². The zero-order valence-electron chi connectivity index (χ0n) is 11.1. The summed E-state index contributed by atoms with van der Waals surface area (Å²) in [4.78, 5) is 12.1. The number of nitrogens with one attached hydrogen (secondary N) is 1. The largest absolute Gasteiger partial charge is 0.351 e. The Bertz CT molecular complexity index is 404. The van der Waals surface area contributed by atoms with Gasteiger partial charge in [-0.25, -0.2) is 0 Å².